The van der Waals surface area contributed by atoms with Crippen molar-refractivity contribution in [3.8, 4) is 0 Å². The topological polar surface area (TPSA) is 90.1 Å². The highest BCUT2D eigenvalue weighted by atomic mass is 16.6. The molecule has 0 aliphatic heterocycles. The van der Waals surface area contributed by atoms with Crippen LogP contribution in [0.4, 0.5) is 10.5 Å². The summed E-state index contributed by atoms with van der Waals surface area (Å²) in [5, 5.41) is 2.65. The highest BCUT2D eigenvalue weighted by Crippen LogP contribution is 2.22. The summed E-state index contributed by atoms with van der Waals surface area (Å²) in [5.41, 5.74) is 8.38. The van der Waals surface area contributed by atoms with E-state index in [1.54, 1.807) is 24.5 Å². The zero-order valence-corrected chi connectivity index (χ0v) is 13.0. The molecule has 2 aromatic rings. The summed E-state index contributed by atoms with van der Waals surface area (Å²) in [5.74, 6) is 0. The van der Waals surface area contributed by atoms with Gasteiger partial charge in [-0.25, -0.2) is 4.79 Å². The van der Waals surface area contributed by atoms with Gasteiger partial charge in [0.1, 0.15) is 5.60 Å². The number of nitrogens with one attached hydrogen (secondary N) is 1. The second-order valence-electron chi connectivity index (χ2n) is 5.78. The van der Waals surface area contributed by atoms with Gasteiger partial charge in [0.05, 0.1) is 11.0 Å². The van der Waals surface area contributed by atoms with Crippen LogP contribution in [-0.4, -0.2) is 28.2 Å². The van der Waals surface area contributed by atoms with Crippen LogP contribution in [0.25, 0.3) is 17.1 Å². The molecular weight excluding hydrogens is 280 g/mol. The summed E-state index contributed by atoms with van der Waals surface area (Å²) in [6.45, 7) is 5.79. The molecule has 1 amide bonds. The molecule has 0 aliphatic rings. The number of alkyl carbamates (subject to hydrolysis) is 1. The van der Waals surface area contributed by atoms with Gasteiger partial charge >= 0.3 is 6.09 Å². The monoisotopic (exact) mass is 300 g/mol. The van der Waals surface area contributed by atoms with Crippen LogP contribution in [-0.2, 0) is 4.74 Å². The molecule has 0 aliphatic carbocycles. The zero-order chi connectivity index (χ0) is 16.2. The summed E-state index contributed by atoms with van der Waals surface area (Å²) in [7, 11) is 0. The van der Waals surface area contributed by atoms with Crippen molar-refractivity contribution in [1.82, 2.24) is 15.3 Å². The number of benzene rings is 1. The maximum atomic E-state index is 11.5. The molecule has 6 nitrogen and oxygen atoms in total. The molecule has 22 heavy (non-hydrogen) atoms. The number of ether oxygens (including phenoxy) is 1. The number of anilines is 1. The molecule has 6 heteroatoms. The fourth-order valence-electron chi connectivity index (χ4n) is 1.88. The van der Waals surface area contributed by atoms with Crippen LogP contribution in [0, 0.1) is 0 Å². The van der Waals surface area contributed by atoms with E-state index in [4.69, 9.17) is 10.5 Å². The first-order valence-electron chi connectivity index (χ1n) is 6.99. The lowest BCUT2D eigenvalue weighted by atomic mass is 10.1. The quantitative estimate of drug-likeness (QED) is 0.851. The maximum Gasteiger partial charge on any atom is 0.407 e. The molecule has 0 atom stereocenters. The third-order valence-corrected chi connectivity index (χ3v) is 2.76. The zero-order valence-electron chi connectivity index (χ0n) is 13.0. The van der Waals surface area contributed by atoms with E-state index in [0.29, 0.717) is 12.2 Å². The van der Waals surface area contributed by atoms with Crippen molar-refractivity contribution >= 4 is 28.9 Å². The Morgan fingerprint density at radius 1 is 1.32 bits per heavy atom. The first-order chi connectivity index (χ1) is 10.4. The SMILES string of the molecule is CC(C)(C)OC(=O)NCC=Cc1c(N)ccc2nccnc12. The van der Waals surface area contributed by atoms with E-state index >= 15 is 0 Å². The number of carbonyl (C=O) groups excluding carboxylic acids is 1. The molecule has 0 fully saturated rings. The van der Waals surface area contributed by atoms with E-state index in [9.17, 15) is 4.79 Å². The van der Waals surface area contributed by atoms with Crippen molar-refractivity contribution in [3.63, 3.8) is 0 Å². The van der Waals surface area contributed by atoms with E-state index in [1.165, 1.54) is 0 Å². The van der Waals surface area contributed by atoms with Crippen molar-refractivity contribution < 1.29 is 9.53 Å². The predicted octanol–water partition coefficient (Wildman–Crippen LogP) is 2.75. The Hall–Kier alpha value is -2.63. The Morgan fingerprint density at radius 3 is 2.77 bits per heavy atom. The Kier molecular flexibility index (Phi) is 4.60. The van der Waals surface area contributed by atoms with Crippen molar-refractivity contribution in [1.29, 1.82) is 0 Å². The fourth-order valence-corrected chi connectivity index (χ4v) is 1.88. The number of rotatable bonds is 3. The fraction of sp³-hybridized carbons (Fsp3) is 0.312. The van der Waals surface area contributed by atoms with Crippen molar-refractivity contribution in [2.45, 2.75) is 26.4 Å². The molecule has 1 aromatic heterocycles. The van der Waals surface area contributed by atoms with Gasteiger partial charge in [-0.15, -0.1) is 0 Å². The number of fused-ring (bicyclic) bond motifs is 1. The number of aromatic nitrogens is 2. The molecule has 2 rings (SSSR count). The minimum Gasteiger partial charge on any atom is -0.444 e. The summed E-state index contributed by atoms with van der Waals surface area (Å²) in [6.07, 6.45) is 6.42. The standard InChI is InChI=1S/C16H20N4O2/c1-16(2,3)22-15(21)20-8-4-5-11-12(17)6-7-13-14(11)19-10-9-18-13/h4-7,9-10H,8,17H2,1-3H3,(H,20,21). The average Bonchev–Trinajstić information content (AvgIpc) is 2.43. The van der Waals surface area contributed by atoms with Gasteiger partial charge in [0, 0.05) is 30.2 Å². The third kappa shape index (κ3) is 4.18. The molecule has 0 saturated carbocycles. The highest BCUT2D eigenvalue weighted by molar-refractivity contribution is 5.90. The molecule has 1 aromatic carbocycles. The molecule has 1 heterocycles. The van der Waals surface area contributed by atoms with Gasteiger partial charge in [0.2, 0.25) is 0 Å². The Morgan fingerprint density at radius 2 is 2.05 bits per heavy atom. The minimum atomic E-state index is -0.510. The highest BCUT2D eigenvalue weighted by Gasteiger charge is 2.15. The van der Waals surface area contributed by atoms with Gasteiger partial charge in [-0.2, -0.15) is 0 Å². The number of nitrogens with zero attached hydrogens (tertiary/aromatic N) is 2. The van der Waals surface area contributed by atoms with Crippen LogP contribution in [0.15, 0.2) is 30.6 Å². The number of nitrogens with two attached hydrogens (primary N) is 1. The summed E-state index contributed by atoms with van der Waals surface area (Å²) >= 11 is 0. The van der Waals surface area contributed by atoms with Gasteiger partial charge in [-0.05, 0) is 32.9 Å². The van der Waals surface area contributed by atoms with Gasteiger partial charge in [0.15, 0.2) is 0 Å². The number of amides is 1. The van der Waals surface area contributed by atoms with Gasteiger partial charge in [-0.1, -0.05) is 12.2 Å². The predicted molar refractivity (Wildman–Crippen MR) is 87.2 cm³/mol. The smallest absolute Gasteiger partial charge is 0.407 e. The molecular formula is C16H20N4O2. The van der Waals surface area contributed by atoms with Crippen LogP contribution >= 0.6 is 0 Å². The second kappa shape index (κ2) is 6.43. The minimum absolute atomic E-state index is 0.338. The first kappa shape index (κ1) is 15.8. The Bertz CT molecular complexity index is 705. The molecule has 0 unspecified atom stereocenters. The average molecular weight is 300 g/mol. The van der Waals surface area contributed by atoms with Crippen LogP contribution < -0.4 is 11.1 Å². The van der Waals surface area contributed by atoms with Crippen molar-refractivity contribution in [2.75, 3.05) is 12.3 Å². The van der Waals surface area contributed by atoms with Crippen molar-refractivity contribution in [2.24, 2.45) is 0 Å². The molecule has 116 valence electrons. The normalized spacial score (nSPS) is 11.8. The molecule has 3 N–H and O–H groups in total. The van der Waals surface area contributed by atoms with E-state index in [0.717, 1.165) is 16.6 Å². The summed E-state index contributed by atoms with van der Waals surface area (Å²) in [6, 6.07) is 3.62. The molecule has 0 saturated heterocycles. The van der Waals surface area contributed by atoms with E-state index in [2.05, 4.69) is 15.3 Å². The number of carbonyl (C=O) groups is 1. The van der Waals surface area contributed by atoms with Gasteiger partial charge < -0.3 is 15.8 Å². The molecule has 0 bridgehead atoms. The Balaban J connectivity index is 2.05. The van der Waals surface area contributed by atoms with Crippen LogP contribution in [0.1, 0.15) is 26.3 Å². The maximum absolute atomic E-state index is 11.5. The first-order valence-corrected chi connectivity index (χ1v) is 6.99. The lowest BCUT2D eigenvalue weighted by Crippen LogP contribution is -2.32. The largest absolute Gasteiger partial charge is 0.444 e. The lowest BCUT2D eigenvalue weighted by molar-refractivity contribution is 0.0534. The number of nitrogen functional groups attached to an aromatic ring is 1. The van der Waals surface area contributed by atoms with Crippen LogP contribution in [0.3, 0.4) is 0 Å². The van der Waals surface area contributed by atoms with Gasteiger partial charge in [-0.3, -0.25) is 9.97 Å². The van der Waals surface area contributed by atoms with E-state index in [1.807, 2.05) is 32.9 Å². The van der Waals surface area contributed by atoms with E-state index < -0.39 is 11.7 Å². The third-order valence-electron chi connectivity index (χ3n) is 2.76. The summed E-state index contributed by atoms with van der Waals surface area (Å²) in [4.78, 5) is 20.1. The molecule has 0 spiro atoms. The van der Waals surface area contributed by atoms with Crippen LogP contribution in [0.5, 0.6) is 0 Å². The lowest BCUT2D eigenvalue weighted by Gasteiger charge is -2.19. The summed E-state index contributed by atoms with van der Waals surface area (Å²) < 4.78 is 5.15. The number of hydrogen-bond donors (Lipinski definition) is 2. The van der Waals surface area contributed by atoms with E-state index in [-0.39, 0.29) is 0 Å². The van der Waals surface area contributed by atoms with Crippen LogP contribution in [0.2, 0.25) is 0 Å². The van der Waals surface area contributed by atoms with Crippen molar-refractivity contribution in [3.05, 3.63) is 36.2 Å². The van der Waals surface area contributed by atoms with Gasteiger partial charge in [0.25, 0.3) is 0 Å². The second-order valence-corrected chi connectivity index (χ2v) is 5.78. The molecule has 0 radical (unpaired) electrons. The number of hydrogen-bond acceptors (Lipinski definition) is 5. The Labute approximate surface area is 129 Å².